The van der Waals surface area contributed by atoms with Crippen molar-refractivity contribution in [1.82, 2.24) is 10.3 Å². The van der Waals surface area contributed by atoms with Crippen LogP contribution in [-0.4, -0.2) is 29.7 Å². The first kappa shape index (κ1) is 16.5. The van der Waals surface area contributed by atoms with Crippen LogP contribution in [0.4, 0.5) is 5.13 Å². The van der Waals surface area contributed by atoms with Crippen LogP contribution in [0.2, 0.25) is 0 Å². The first-order valence-corrected chi connectivity index (χ1v) is 9.66. The number of carbonyl (C=O) groups excluding carboxylic acids is 1. The summed E-state index contributed by atoms with van der Waals surface area (Å²) >= 11 is 3.16. The number of aromatic nitrogens is 1. The maximum Gasteiger partial charge on any atom is 0.236 e. The van der Waals surface area contributed by atoms with Crippen molar-refractivity contribution in [3.8, 4) is 0 Å². The Labute approximate surface area is 145 Å². The number of hydrogen-bond donors (Lipinski definition) is 2. The summed E-state index contributed by atoms with van der Waals surface area (Å²) in [5.41, 5.74) is 1.23. The van der Waals surface area contributed by atoms with Gasteiger partial charge in [-0.25, -0.2) is 4.98 Å². The highest BCUT2D eigenvalue weighted by Gasteiger charge is 2.18. The number of rotatable bonds is 5. The quantitative estimate of drug-likeness (QED) is 0.811. The molecule has 6 heteroatoms. The Morgan fingerprint density at radius 2 is 2.09 bits per heavy atom. The molecule has 2 heterocycles. The molecule has 1 aliphatic rings. The summed E-state index contributed by atoms with van der Waals surface area (Å²) in [5.74, 6) is 0.994. The minimum absolute atomic E-state index is 0.00165. The van der Waals surface area contributed by atoms with E-state index in [4.69, 9.17) is 0 Å². The second-order valence-corrected chi connectivity index (χ2v) is 7.85. The number of aryl methyl sites for hydroxylation is 1. The Hall–Kier alpha value is -1.37. The number of anilines is 1. The molecule has 0 unspecified atom stereocenters. The minimum atomic E-state index is 0.00165. The molecule has 0 bridgehead atoms. The molecule has 1 amide bonds. The van der Waals surface area contributed by atoms with Gasteiger partial charge in [0.25, 0.3) is 0 Å². The zero-order valence-corrected chi connectivity index (χ0v) is 14.8. The molecule has 1 aliphatic heterocycles. The highest BCUT2D eigenvalue weighted by molar-refractivity contribution is 8.00. The van der Waals surface area contributed by atoms with Crippen LogP contribution in [0.5, 0.6) is 0 Å². The standard InChI is InChI=1S/C17H21N3OS2/c1-12-2-4-14(5-3-12)22-11-16(21)20-17-19-10-15(23-17)13-6-8-18-9-7-13/h2-5,10,13,18H,6-9,11H2,1H3,(H,19,20,21). The van der Waals surface area contributed by atoms with Gasteiger partial charge in [-0.05, 0) is 50.9 Å². The van der Waals surface area contributed by atoms with Gasteiger partial charge in [0, 0.05) is 16.0 Å². The SMILES string of the molecule is Cc1ccc(SCC(=O)Nc2ncc(C3CCNCC3)s2)cc1. The molecule has 1 saturated heterocycles. The van der Waals surface area contributed by atoms with Crippen molar-refractivity contribution in [2.45, 2.75) is 30.6 Å². The molecule has 4 nitrogen and oxygen atoms in total. The lowest BCUT2D eigenvalue weighted by molar-refractivity contribution is -0.113. The van der Waals surface area contributed by atoms with Crippen LogP contribution >= 0.6 is 23.1 Å². The van der Waals surface area contributed by atoms with Crippen molar-refractivity contribution in [2.24, 2.45) is 0 Å². The molecular formula is C17H21N3OS2. The van der Waals surface area contributed by atoms with Crippen molar-refractivity contribution < 1.29 is 4.79 Å². The lowest BCUT2D eigenvalue weighted by Crippen LogP contribution is -2.26. The summed E-state index contributed by atoms with van der Waals surface area (Å²) in [5, 5.41) is 7.00. The second-order valence-electron chi connectivity index (χ2n) is 5.74. The Morgan fingerprint density at radius 3 is 2.83 bits per heavy atom. The van der Waals surface area contributed by atoms with E-state index in [-0.39, 0.29) is 5.91 Å². The molecule has 1 aromatic carbocycles. The van der Waals surface area contributed by atoms with Crippen LogP contribution in [-0.2, 0) is 4.79 Å². The maximum absolute atomic E-state index is 12.1. The normalized spacial score (nSPS) is 15.5. The molecular weight excluding hydrogens is 326 g/mol. The van der Waals surface area contributed by atoms with Crippen molar-refractivity contribution in [3.05, 3.63) is 40.9 Å². The number of nitrogens with one attached hydrogen (secondary N) is 2. The number of carbonyl (C=O) groups is 1. The van der Waals surface area contributed by atoms with E-state index in [1.807, 2.05) is 18.3 Å². The van der Waals surface area contributed by atoms with E-state index in [2.05, 4.69) is 34.7 Å². The highest BCUT2D eigenvalue weighted by Crippen LogP contribution is 2.31. The van der Waals surface area contributed by atoms with Crippen LogP contribution in [0.1, 0.15) is 29.2 Å². The van der Waals surface area contributed by atoms with E-state index in [9.17, 15) is 4.79 Å². The monoisotopic (exact) mass is 347 g/mol. The third kappa shape index (κ3) is 4.80. The van der Waals surface area contributed by atoms with E-state index in [0.717, 1.165) is 30.8 Å². The van der Waals surface area contributed by atoms with Crippen molar-refractivity contribution in [2.75, 3.05) is 24.2 Å². The number of piperidine rings is 1. The molecule has 0 spiro atoms. The van der Waals surface area contributed by atoms with Crippen molar-refractivity contribution in [1.29, 1.82) is 0 Å². The lowest BCUT2D eigenvalue weighted by atomic mass is 9.97. The van der Waals surface area contributed by atoms with Crippen molar-refractivity contribution in [3.63, 3.8) is 0 Å². The van der Waals surface area contributed by atoms with Crippen LogP contribution in [0, 0.1) is 6.92 Å². The van der Waals surface area contributed by atoms with Gasteiger partial charge in [0.15, 0.2) is 5.13 Å². The van der Waals surface area contributed by atoms with Gasteiger partial charge in [0.1, 0.15) is 0 Å². The molecule has 0 radical (unpaired) electrons. The van der Waals surface area contributed by atoms with Gasteiger partial charge < -0.3 is 10.6 Å². The number of thiazole rings is 1. The topological polar surface area (TPSA) is 54.0 Å². The van der Waals surface area contributed by atoms with E-state index < -0.39 is 0 Å². The fourth-order valence-electron chi connectivity index (χ4n) is 2.58. The minimum Gasteiger partial charge on any atom is -0.317 e. The fraction of sp³-hybridized carbons (Fsp3) is 0.412. The van der Waals surface area contributed by atoms with E-state index >= 15 is 0 Å². The molecule has 2 aromatic rings. The predicted octanol–water partition coefficient (Wildman–Crippen LogP) is 3.65. The summed E-state index contributed by atoms with van der Waals surface area (Å²) in [7, 11) is 0. The Morgan fingerprint density at radius 1 is 1.35 bits per heavy atom. The van der Waals surface area contributed by atoms with E-state index in [1.165, 1.54) is 10.4 Å². The molecule has 122 valence electrons. The zero-order valence-electron chi connectivity index (χ0n) is 13.2. The number of nitrogens with zero attached hydrogens (tertiary/aromatic N) is 1. The number of amides is 1. The fourth-order valence-corrected chi connectivity index (χ4v) is 4.28. The van der Waals surface area contributed by atoms with Gasteiger partial charge in [0.05, 0.1) is 5.75 Å². The molecule has 1 fully saturated rings. The maximum atomic E-state index is 12.1. The summed E-state index contributed by atoms with van der Waals surface area (Å²) < 4.78 is 0. The van der Waals surface area contributed by atoms with Gasteiger partial charge in [-0.2, -0.15) is 0 Å². The van der Waals surface area contributed by atoms with E-state index in [0.29, 0.717) is 16.8 Å². The lowest BCUT2D eigenvalue weighted by Gasteiger charge is -2.20. The molecule has 0 aliphatic carbocycles. The number of benzene rings is 1. The van der Waals surface area contributed by atoms with Gasteiger partial charge in [-0.1, -0.05) is 17.7 Å². The smallest absolute Gasteiger partial charge is 0.236 e. The zero-order chi connectivity index (χ0) is 16.1. The van der Waals surface area contributed by atoms with Crippen LogP contribution in [0.3, 0.4) is 0 Å². The third-order valence-electron chi connectivity index (χ3n) is 3.90. The molecule has 0 saturated carbocycles. The van der Waals surface area contributed by atoms with E-state index in [1.54, 1.807) is 23.1 Å². The van der Waals surface area contributed by atoms with Gasteiger partial charge in [0.2, 0.25) is 5.91 Å². The molecule has 0 atom stereocenters. The summed E-state index contributed by atoms with van der Waals surface area (Å²) in [4.78, 5) is 18.8. The Bertz CT molecular complexity index is 648. The summed E-state index contributed by atoms with van der Waals surface area (Å²) in [6.07, 6.45) is 4.22. The third-order valence-corrected chi connectivity index (χ3v) is 5.99. The number of hydrogen-bond acceptors (Lipinski definition) is 5. The summed E-state index contributed by atoms with van der Waals surface area (Å²) in [6, 6.07) is 8.22. The second kappa shape index (κ2) is 7.95. The molecule has 1 aromatic heterocycles. The average molecular weight is 348 g/mol. The molecule has 3 rings (SSSR count). The molecule has 23 heavy (non-hydrogen) atoms. The molecule has 2 N–H and O–H groups in total. The van der Waals surface area contributed by atoms with Gasteiger partial charge in [-0.3, -0.25) is 4.79 Å². The van der Waals surface area contributed by atoms with Crippen molar-refractivity contribution >= 4 is 34.1 Å². The highest BCUT2D eigenvalue weighted by atomic mass is 32.2. The summed E-state index contributed by atoms with van der Waals surface area (Å²) in [6.45, 7) is 4.19. The van der Waals surface area contributed by atoms with Crippen LogP contribution in [0.15, 0.2) is 35.4 Å². The first-order chi connectivity index (χ1) is 11.2. The predicted molar refractivity (Wildman–Crippen MR) is 97.5 cm³/mol. The van der Waals surface area contributed by atoms with Gasteiger partial charge in [-0.15, -0.1) is 23.1 Å². The average Bonchev–Trinajstić information content (AvgIpc) is 3.04. The Balaban J connectivity index is 1.49. The number of thioether (sulfide) groups is 1. The first-order valence-electron chi connectivity index (χ1n) is 7.86. The van der Waals surface area contributed by atoms with Gasteiger partial charge >= 0.3 is 0 Å². The van der Waals surface area contributed by atoms with Crippen LogP contribution < -0.4 is 10.6 Å². The largest absolute Gasteiger partial charge is 0.317 e. The Kier molecular flexibility index (Phi) is 5.70. The van der Waals surface area contributed by atoms with Crippen LogP contribution in [0.25, 0.3) is 0 Å².